The zero-order chi connectivity index (χ0) is 5.11. The van der Waals surface area contributed by atoms with Gasteiger partial charge in [-0.25, -0.2) is 0 Å². The summed E-state index contributed by atoms with van der Waals surface area (Å²) in [6.45, 7) is 0. The van der Waals surface area contributed by atoms with Gasteiger partial charge in [0, 0.05) is 7.11 Å². The molecule has 1 atom stereocenters. The van der Waals surface area contributed by atoms with Crippen molar-refractivity contribution in [2.24, 2.45) is 0 Å². The van der Waals surface area contributed by atoms with Crippen LogP contribution in [0.1, 0.15) is 19.3 Å². The monoisotopic (exact) mass is 99.1 g/mol. The molecule has 0 aromatic rings. The average Bonchev–Trinajstić information content (AvgIpc) is 2.14. The Morgan fingerprint density at radius 1 is 1.71 bits per heavy atom. The summed E-state index contributed by atoms with van der Waals surface area (Å²) in [4.78, 5) is 0. The smallest absolute Gasteiger partial charge is 0.0574 e. The van der Waals surface area contributed by atoms with Crippen molar-refractivity contribution < 1.29 is 4.74 Å². The predicted molar refractivity (Wildman–Crippen MR) is 28.9 cm³/mol. The molecule has 1 saturated carbocycles. The third kappa shape index (κ3) is 1.16. The average molecular weight is 99.2 g/mol. The van der Waals surface area contributed by atoms with E-state index in [1.165, 1.54) is 12.8 Å². The maximum absolute atomic E-state index is 5.08. The first-order chi connectivity index (χ1) is 3.43. The van der Waals surface area contributed by atoms with Gasteiger partial charge in [0.2, 0.25) is 0 Å². The second-order valence-corrected chi connectivity index (χ2v) is 1.96. The second kappa shape index (κ2) is 2.31. The Balaban J connectivity index is 2.14. The van der Waals surface area contributed by atoms with Crippen LogP contribution in [0, 0.1) is 6.42 Å². The lowest BCUT2D eigenvalue weighted by molar-refractivity contribution is 0.111. The number of methoxy groups -OCH3 is 1. The van der Waals surface area contributed by atoms with E-state index in [-0.39, 0.29) is 0 Å². The van der Waals surface area contributed by atoms with Gasteiger partial charge in [-0.05, 0) is 25.7 Å². The molecular formula is C6H11O. The minimum Gasteiger partial charge on any atom is -0.381 e. The molecule has 1 aliphatic carbocycles. The lowest BCUT2D eigenvalue weighted by atomic mass is 10.3. The number of hydrogen-bond donors (Lipinski definition) is 0. The van der Waals surface area contributed by atoms with Crippen molar-refractivity contribution in [3.8, 4) is 0 Å². The first-order valence-corrected chi connectivity index (χ1v) is 2.78. The van der Waals surface area contributed by atoms with Gasteiger partial charge in [-0.2, -0.15) is 0 Å². The summed E-state index contributed by atoms with van der Waals surface area (Å²) in [6, 6.07) is 0. The van der Waals surface area contributed by atoms with Crippen LogP contribution in [0.4, 0.5) is 0 Å². The fourth-order valence-corrected chi connectivity index (χ4v) is 0.939. The molecule has 0 bridgehead atoms. The van der Waals surface area contributed by atoms with Crippen LogP contribution in [0.15, 0.2) is 0 Å². The molecule has 1 radical (unpaired) electrons. The van der Waals surface area contributed by atoms with Crippen molar-refractivity contribution in [3.05, 3.63) is 6.42 Å². The molecule has 41 valence electrons. The normalized spacial score (nSPS) is 23.6. The summed E-state index contributed by atoms with van der Waals surface area (Å²) >= 11 is 0. The van der Waals surface area contributed by atoms with Gasteiger partial charge < -0.3 is 4.74 Å². The van der Waals surface area contributed by atoms with E-state index in [4.69, 9.17) is 4.74 Å². The van der Waals surface area contributed by atoms with Crippen molar-refractivity contribution in [2.75, 3.05) is 7.11 Å². The van der Waals surface area contributed by atoms with E-state index in [0.29, 0.717) is 6.10 Å². The molecule has 0 aliphatic heterocycles. The Kier molecular flexibility index (Phi) is 1.69. The highest BCUT2D eigenvalue weighted by Crippen LogP contribution is 2.18. The molecule has 0 saturated heterocycles. The van der Waals surface area contributed by atoms with Gasteiger partial charge in [-0.1, -0.05) is 0 Å². The van der Waals surface area contributed by atoms with Gasteiger partial charge in [0.25, 0.3) is 0 Å². The minimum absolute atomic E-state index is 0.542. The van der Waals surface area contributed by atoms with Gasteiger partial charge in [-0.3, -0.25) is 0 Å². The summed E-state index contributed by atoms with van der Waals surface area (Å²) in [5, 5.41) is 0. The molecular weight excluding hydrogens is 88.1 g/mol. The highest BCUT2D eigenvalue weighted by Gasteiger charge is 2.12. The molecule has 0 heterocycles. The van der Waals surface area contributed by atoms with Crippen LogP contribution in [-0.4, -0.2) is 13.2 Å². The molecule has 1 heteroatoms. The summed E-state index contributed by atoms with van der Waals surface area (Å²) in [7, 11) is 1.78. The van der Waals surface area contributed by atoms with Crippen LogP contribution < -0.4 is 0 Å². The van der Waals surface area contributed by atoms with E-state index in [1.807, 2.05) is 0 Å². The summed E-state index contributed by atoms with van der Waals surface area (Å²) < 4.78 is 5.08. The third-order valence-electron chi connectivity index (χ3n) is 1.46. The van der Waals surface area contributed by atoms with Gasteiger partial charge in [0.15, 0.2) is 0 Å². The molecule has 0 aromatic heterocycles. The van der Waals surface area contributed by atoms with Crippen LogP contribution in [-0.2, 0) is 4.74 Å². The molecule has 1 rings (SSSR count). The van der Waals surface area contributed by atoms with Crippen LogP contribution in [0.25, 0.3) is 0 Å². The Morgan fingerprint density at radius 2 is 2.57 bits per heavy atom. The van der Waals surface area contributed by atoms with Gasteiger partial charge >= 0.3 is 0 Å². The molecule has 1 nitrogen and oxygen atoms in total. The lowest BCUT2D eigenvalue weighted by Crippen LogP contribution is -2.01. The van der Waals surface area contributed by atoms with Crippen molar-refractivity contribution in [3.63, 3.8) is 0 Å². The zero-order valence-corrected chi connectivity index (χ0v) is 4.68. The van der Waals surface area contributed by atoms with Crippen LogP contribution in [0.5, 0.6) is 0 Å². The van der Waals surface area contributed by atoms with Crippen LogP contribution in [0.2, 0.25) is 0 Å². The van der Waals surface area contributed by atoms with E-state index in [1.54, 1.807) is 7.11 Å². The first-order valence-electron chi connectivity index (χ1n) is 2.78. The summed E-state index contributed by atoms with van der Waals surface area (Å²) in [5.74, 6) is 0. The van der Waals surface area contributed by atoms with E-state index < -0.39 is 0 Å². The number of hydrogen-bond acceptors (Lipinski definition) is 1. The molecule has 0 aromatic carbocycles. The second-order valence-electron chi connectivity index (χ2n) is 1.96. The third-order valence-corrected chi connectivity index (χ3v) is 1.46. The Bertz CT molecular complexity index is 46.1. The summed E-state index contributed by atoms with van der Waals surface area (Å²) in [6.07, 6.45) is 6.47. The van der Waals surface area contributed by atoms with E-state index in [0.717, 1.165) is 6.42 Å². The van der Waals surface area contributed by atoms with E-state index in [2.05, 4.69) is 6.42 Å². The van der Waals surface area contributed by atoms with Crippen molar-refractivity contribution in [2.45, 2.75) is 25.4 Å². The molecule has 0 amide bonds. The topological polar surface area (TPSA) is 9.23 Å². The van der Waals surface area contributed by atoms with E-state index >= 15 is 0 Å². The van der Waals surface area contributed by atoms with Gasteiger partial charge in [0.05, 0.1) is 6.10 Å². The standard InChI is InChI=1S/C6H11O/c1-7-6-4-2-3-5-6/h2,6H,3-5H2,1H3. The maximum atomic E-state index is 5.08. The highest BCUT2D eigenvalue weighted by atomic mass is 16.5. The first kappa shape index (κ1) is 5.10. The number of ether oxygens (including phenoxy) is 1. The predicted octanol–water partition coefficient (Wildman–Crippen LogP) is 1.39. The van der Waals surface area contributed by atoms with Gasteiger partial charge in [-0.15, -0.1) is 0 Å². The molecule has 0 spiro atoms. The number of rotatable bonds is 1. The minimum atomic E-state index is 0.542. The SMILES string of the molecule is COC1C[CH]CC1. The molecule has 1 aliphatic rings. The highest BCUT2D eigenvalue weighted by molar-refractivity contribution is 4.80. The molecule has 1 unspecified atom stereocenters. The Hall–Kier alpha value is -0.0400. The van der Waals surface area contributed by atoms with Crippen LogP contribution in [0.3, 0.4) is 0 Å². The Morgan fingerprint density at radius 3 is 2.86 bits per heavy atom. The van der Waals surface area contributed by atoms with Crippen LogP contribution >= 0.6 is 0 Å². The van der Waals surface area contributed by atoms with Gasteiger partial charge in [0.1, 0.15) is 0 Å². The molecule has 1 fully saturated rings. The fourth-order valence-electron chi connectivity index (χ4n) is 0.939. The summed E-state index contributed by atoms with van der Waals surface area (Å²) in [5.41, 5.74) is 0. The van der Waals surface area contributed by atoms with Crippen molar-refractivity contribution in [1.82, 2.24) is 0 Å². The quantitative estimate of drug-likeness (QED) is 0.482. The van der Waals surface area contributed by atoms with E-state index in [9.17, 15) is 0 Å². The van der Waals surface area contributed by atoms with Crippen molar-refractivity contribution >= 4 is 0 Å². The molecule has 0 N–H and O–H groups in total. The Labute approximate surface area is 44.7 Å². The fraction of sp³-hybridized carbons (Fsp3) is 0.833. The molecule has 7 heavy (non-hydrogen) atoms. The largest absolute Gasteiger partial charge is 0.381 e. The lowest BCUT2D eigenvalue weighted by Gasteiger charge is -2.02. The zero-order valence-electron chi connectivity index (χ0n) is 4.68. The van der Waals surface area contributed by atoms with Crippen molar-refractivity contribution in [1.29, 1.82) is 0 Å². The maximum Gasteiger partial charge on any atom is 0.0574 e.